The molecule has 0 spiro atoms. The Morgan fingerprint density at radius 2 is 2.06 bits per heavy atom. The van der Waals surface area contributed by atoms with E-state index in [0.717, 1.165) is 30.2 Å². The Morgan fingerprint density at radius 1 is 1.18 bits per heavy atom. The summed E-state index contributed by atoms with van der Waals surface area (Å²) in [5.74, 6) is 1.23. The highest BCUT2D eigenvalue weighted by Crippen LogP contribution is 2.34. The molecule has 0 atom stereocenters. The first-order chi connectivity index (χ1) is 7.84. The molecular formula is C13H16Cl2N2. The van der Waals surface area contributed by atoms with Crippen LogP contribution < -0.4 is 0 Å². The van der Waals surface area contributed by atoms with E-state index in [2.05, 4.69) is 11.0 Å². The van der Waals surface area contributed by atoms with Gasteiger partial charge in [0.2, 0.25) is 0 Å². The van der Waals surface area contributed by atoms with Gasteiger partial charge in [0.05, 0.1) is 10.7 Å². The SMILES string of the molecule is Cl.Clc1cccc2c1N=C1CCCCCN1C2. The second kappa shape index (κ2) is 5.28. The van der Waals surface area contributed by atoms with E-state index in [4.69, 9.17) is 16.6 Å². The molecule has 3 rings (SSSR count). The number of para-hydroxylation sites is 1. The molecule has 0 aromatic heterocycles. The molecule has 0 N–H and O–H groups in total. The number of amidine groups is 1. The highest BCUT2D eigenvalue weighted by molar-refractivity contribution is 6.33. The fourth-order valence-corrected chi connectivity index (χ4v) is 2.73. The third-order valence-corrected chi connectivity index (χ3v) is 3.67. The van der Waals surface area contributed by atoms with Crippen molar-refractivity contribution in [3.05, 3.63) is 28.8 Å². The molecular weight excluding hydrogens is 255 g/mol. The summed E-state index contributed by atoms with van der Waals surface area (Å²) in [6.07, 6.45) is 4.97. The van der Waals surface area contributed by atoms with Gasteiger partial charge in [0.15, 0.2) is 0 Å². The monoisotopic (exact) mass is 270 g/mol. The van der Waals surface area contributed by atoms with E-state index in [1.165, 1.54) is 30.7 Å². The van der Waals surface area contributed by atoms with Crippen LogP contribution in [0.5, 0.6) is 0 Å². The van der Waals surface area contributed by atoms with Gasteiger partial charge >= 0.3 is 0 Å². The van der Waals surface area contributed by atoms with Crippen LogP contribution in [-0.2, 0) is 6.54 Å². The minimum atomic E-state index is 0. The van der Waals surface area contributed by atoms with Crippen molar-refractivity contribution in [2.75, 3.05) is 6.54 Å². The van der Waals surface area contributed by atoms with E-state index in [1.807, 2.05) is 12.1 Å². The van der Waals surface area contributed by atoms with Crippen LogP contribution in [0, 0.1) is 0 Å². The predicted molar refractivity (Wildman–Crippen MR) is 74.7 cm³/mol. The molecule has 2 aliphatic rings. The molecule has 1 aromatic rings. The number of benzene rings is 1. The topological polar surface area (TPSA) is 15.6 Å². The summed E-state index contributed by atoms with van der Waals surface area (Å²) in [5.41, 5.74) is 2.26. The molecule has 0 aliphatic carbocycles. The highest BCUT2D eigenvalue weighted by atomic mass is 35.5. The van der Waals surface area contributed by atoms with Crippen molar-refractivity contribution >= 4 is 35.5 Å². The second-order valence-electron chi connectivity index (χ2n) is 4.51. The molecule has 0 amide bonds. The van der Waals surface area contributed by atoms with Crippen molar-refractivity contribution in [1.29, 1.82) is 0 Å². The average Bonchev–Trinajstić information content (AvgIpc) is 2.52. The van der Waals surface area contributed by atoms with Gasteiger partial charge < -0.3 is 4.90 Å². The third-order valence-electron chi connectivity index (χ3n) is 3.37. The lowest BCUT2D eigenvalue weighted by Crippen LogP contribution is -2.32. The maximum absolute atomic E-state index is 6.19. The number of hydrogen-bond donors (Lipinski definition) is 0. The Hall–Kier alpha value is -0.730. The van der Waals surface area contributed by atoms with E-state index in [9.17, 15) is 0 Å². The van der Waals surface area contributed by atoms with E-state index < -0.39 is 0 Å². The van der Waals surface area contributed by atoms with E-state index >= 15 is 0 Å². The van der Waals surface area contributed by atoms with E-state index in [1.54, 1.807) is 0 Å². The maximum atomic E-state index is 6.19. The molecule has 2 aliphatic heterocycles. The van der Waals surface area contributed by atoms with Gasteiger partial charge in [0.1, 0.15) is 5.84 Å². The fraction of sp³-hybridized carbons (Fsp3) is 0.462. The zero-order chi connectivity index (χ0) is 11.0. The summed E-state index contributed by atoms with van der Waals surface area (Å²) >= 11 is 6.19. The average molecular weight is 271 g/mol. The van der Waals surface area contributed by atoms with Crippen molar-refractivity contribution in [1.82, 2.24) is 4.90 Å². The van der Waals surface area contributed by atoms with Gasteiger partial charge in [-0.25, -0.2) is 4.99 Å². The summed E-state index contributed by atoms with van der Waals surface area (Å²) in [4.78, 5) is 7.15. The first-order valence-corrected chi connectivity index (χ1v) is 6.32. The maximum Gasteiger partial charge on any atom is 0.105 e. The van der Waals surface area contributed by atoms with Gasteiger partial charge in [0, 0.05) is 19.5 Å². The highest BCUT2D eigenvalue weighted by Gasteiger charge is 2.22. The van der Waals surface area contributed by atoms with Gasteiger partial charge in [0.25, 0.3) is 0 Å². The van der Waals surface area contributed by atoms with Crippen molar-refractivity contribution < 1.29 is 0 Å². The van der Waals surface area contributed by atoms with Crippen molar-refractivity contribution in [2.24, 2.45) is 4.99 Å². The molecule has 0 bridgehead atoms. The first kappa shape index (κ1) is 12.7. The van der Waals surface area contributed by atoms with Gasteiger partial charge in [-0.2, -0.15) is 0 Å². The van der Waals surface area contributed by atoms with Crippen LogP contribution in [0.3, 0.4) is 0 Å². The van der Waals surface area contributed by atoms with Crippen LogP contribution in [0.15, 0.2) is 23.2 Å². The molecule has 92 valence electrons. The first-order valence-electron chi connectivity index (χ1n) is 5.94. The lowest BCUT2D eigenvalue weighted by molar-refractivity contribution is 0.403. The number of aliphatic imine (C=N–C) groups is 1. The summed E-state index contributed by atoms with van der Waals surface area (Å²) in [5, 5.41) is 0.786. The molecule has 4 heteroatoms. The van der Waals surface area contributed by atoms with Crippen LogP contribution in [0.4, 0.5) is 5.69 Å². The Bertz CT molecular complexity index is 443. The second-order valence-corrected chi connectivity index (χ2v) is 4.92. The number of fused-ring (bicyclic) bond motifs is 2. The summed E-state index contributed by atoms with van der Waals surface area (Å²) < 4.78 is 0. The van der Waals surface area contributed by atoms with Crippen LogP contribution in [0.1, 0.15) is 31.2 Å². The van der Waals surface area contributed by atoms with Gasteiger partial charge in [-0.1, -0.05) is 30.2 Å². The van der Waals surface area contributed by atoms with Gasteiger partial charge in [-0.15, -0.1) is 12.4 Å². The quantitative estimate of drug-likeness (QED) is 0.691. The molecule has 2 nitrogen and oxygen atoms in total. The Labute approximate surface area is 113 Å². The number of halogens is 2. The third kappa shape index (κ3) is 2.43. The summed E-state index contributed by atoms with van der Waals surface area (Å²) in [6, 6.07) is 6.07. The largest absolute Gasteiger partial charge is 0.356 e. The molecule has 0 unspecified atom stereocenters. The van der Waals surface area contributed by atoms with Gasteiger partial charge in [-0.3, -0.25) is 0 Å². The van der Waals surface area contributed by atoms with E-state index in [-0.39, 0.29) is 12.4 Å². The minimum Gasteiger partial charge on any atom is -0.356 e. The molecule has 2 heterocycles. The number of rotatable bonds is 0. The standard InChI is InChI=1S/C13H15ClN2.ClH/c14-11-6-4-5-10-9-16-8-3-1-2-7-12(16)15-13(10)11;/h4-6H,1-3,7-9H2;1H. The molecule has 1 aromatic carbocycles. The normalized spacial score (nSPS) is 18.4. The Balaban J connectivity index is 0.00000108. The molecule has 0 saturated carbocycles. The van der Waals surface area contributed by atoms with E-state index in [0.29, 0.717) is 0 Å². The molecule has 1 saturated heterocycles. The number of nitrogens with zero attached hydrogens (tertiary/aromatic N) is 2. The van der Waals surface area contributed by atoms with Crippen molar-refractivity contribution in [3.8, 4) is 0 Å². The predicted octanol–water partition coefficient (Wildman–Crippen LogP) is 4.18. The Kier molecular flexibility index (Phi) is 3.95. The summed E-state index contributed by atoms with van der Waals surface area (Å²) in [7, 11) is 0. The lowest BCUT2D eigenvalue weighted by atomic mass is 10.1. The molecule has 0 radical (unpaired) electrons. The minimum absolute atomic E-state index is 0. The zero-order valence-corrected chi connectivity index (χ0v) is 11.2. The van der Waals surface area contributed by atoms with Crippen LogP contribution in [0.2, 0.25) is 5.02 Å². The van der Waals surface area contributed by atoms with Gasteiger partial charge in [-0.05, 0) is 24.5 Å². The lowest BCUT2D eigenvalue weighted by Gasteiger charge is -2.29. The Morgan fingerprint density at radius 3 is 2.94 bits per heavy atom. The molecule has 17 heavy (non-hydrogen) atoms. The van der Waals surface area contributed by atoms with Crippen LogP contribution in [-0.4, -0.2) is 17.3 Å². The van der Waals surface area contributed by atoms with Crippen LogP contribution in [0.25, 0.3) is 0 Å². The fourth-order valence-electron chi connectivity index (χ4n) is 2.49. The van der Waals surface area contributed by atoms with Crippen molar-refractivity contribution in [3.63, 3.8) is 0 Å². The smallest absolute Gasteiger partial charge is 0.105 e. The van der Waals surface area contributed by atoms with Crippen molar-refractivity contribution in [2.45, 2.75) is 32.2 Å². The number of hydrogen-bond acceptors (Lipinski definition) is 2. The van der Waals surface area contributed by atoms with Crippen LogP contribution >= 0.6 is 24.0 Å². The zero-order valence-electron chi connectivity index (χ0n) is 9.66. The molecule has 1 fully saturated rings. The summed E-state index contributed by atoms with van der Waals surface area (Å²) in [6.45, 7) is 2.12.